The molecule has 2 aromatic carbocycles. The summed E-state index contributed by atoms with van der Waals surface area (Å²) in [5.74, 6) is -0.902. The van der Waals surface area contributed by atoms with Crippen molar-refractivity contribution in [3.63, 3.8) is 0 Å². The van der Waals surface area contributed by atoms with Crippen molar-refractivity contribution in [2.24, 2.45) is 4.99 Å². The summed E-state index contributed by atoms with van der Waals surface area (Å²) < 4.78 is 12.5. The maximum atomic E-state index is 12.6. The molecule has 3 rings (SSSR count). The molecule has 146 valence electrons. The number of ether oxygens (including phenoxy) is 2. The van der Waals surface area contributed by atoms with E-state index < -0.39 is 11.9 Å². The molecule has 0 atom stereocenters. The number of hydrogen-bond donors (Lipinski definition) is 0. The molecule has 0 fully saturated rings. The topological polar surface area (TPSA) is 69.9 Å². The van der Waals surface area contributed by atoms with Gasteiger partial charge in [-0.15, -0.1) is 0 Å². The van der Waals surface area contributed by atoms with Gasteiger partial charge in [-0.25, -0.2) is 4.79 Å². The summed E-state index contributed by atoms with van der Waals surface area (Å²) in [6, 6.07) is 9.67. The van der Waals surface area contributed by atoms with E-state index in [4.69, 9.17) is 27.9 Å². The third-order valence-corrected chi connectivity index (χ3v) is 5.84. The zero-order chi connectivity index (χ0) is 20.3. The predicted molar refractivity (Wildman–Crippen MR) is 109 cm³/mol. The molecule has 0 saturated heterocycles. The Hall–Kier alpha value is -2.19. The highest BCUT2D eigenvalue weighted by atomic mass is 35.5. The number of methoxy groups -OCH3 is 2. The summed E-state index contributed by atoms with van der Waals surface area (Å²) in [5.41, 5.74) is 1.42. The second-order valence-corrected chi connectivity index (χ2v) is 7.52. The lowest BCUT2D eigenvalue weighted by molar-refractivity contribution is 0.0600. The molecule has 0 aliphatic carbocycles. The van der Waals surface area contributed by atoms with Crippen LogP contribution in [0.15, 0.2) is 41.4 Å². The van der Waals surface area contributed by atoms with Crippen molar-refractivity contribution in [1.29, 1.82) is 0 Å². The Morgan fingerprint density at radius 3 is 2.39 bits per heavy atom. The molecular formula is C19H16Cl2N2O4S. The lowest BCUT2D eigenvalue weighted by Gasteiger charge is -2.06. The van der Waals surface area contributed by atoms with Gasteiger partial charge in [0.1, 0.15) is 0 Å². The van der Waals surface area contributed by atoms with Crippen molar-refractivity contribution in [2.75, 3.05) is 20.8 Å². The maximum absolute atomic E-state index is 12.6. The van der Waals surface area contributed by atoms with Gasteiger partial charge in [-0.2, -0.15) is 4.99 Å². The number of rotatable bonds is 5. The number of nitrogens with zero attached hydrogens (tertiary/aromatic N) is 2. The molecule has 0 aliphatic heterocycles. The molecule has 1 aromatic heterocycles. The van der Waals surface area contributed by atoms with Gasteiger partial charge < -0.3 is 14.0 Å². The molecule has 0 radical (unpaired) electrons. The number of aromatic nitrogens is 1. The van der Waals surface area contributed by atoms with E-state index in [-0.39, 0.29) is 0 Å². The Bertz CT molecular complexity index is 1100. The third-order valence-electron chi connectivity index (χ3n) is 4.00. The van der Waals surface area contributed by atoms with Crippen LogP contribution < -0.4 is 4.80 Å². The number of hydrogen-bond acceptors (Lipinski definition) is 5. The summed E-state index contributed by atoms with van der Waals surface area (Å²) >= 11 is 13.9. The number of amides is 1. The van der Waals surface area contributed by atoms with Gasteiger partial charge in [-0.1, -0.05) is 34.5 Å². The molecule has 28 heavy (non-hydrogen) atoms. The van der Waals surface area contributed by atoms with Crippen LogP contribution in [0.1, 0.15) is 20.7 Å². The van der Waals surface area contributed by atoms with Crippen molar-refractivity contribution in [3.8, 4) is 0 Å². The van der Waals surface area contributed by atoms with Crippen molar-refractivity contribution in [3.05, 3.63) is 62.4 Å². The monoisotopic (exact) mass is 438 g/mol. The third kappa shape index (κ3) is 4.12. The Morgan fingerprint density at radius 1 is 1.07 bits per heavy atom. The van der Waals surface area contributed by atoms with E-state index in [2.05, 4.69) is 9.73 Å². The van der Waals surface area contributed by atoms with Gasteiger partial charge in [0, 0.05) is 19.2 Å². The Labute approximate surface area is 174 Å². The molecule has 9 heteroatoms. The van der Waals surface area contributed by atoms with Gasteiger partial charge in [0.2, 0.25) is 0 Å². The fourth-order valence-corrected chi connectivity index (χ4v) is 4.13. The van der Waals surface area contributed by atoms with Gasteiger partial charge in [0.25, 0.3) is 5.91 Å². The van der Waals surface area contributed by atoms with E-state index in [0.29, 0.717) is 44.6 Å². The molecule has 0 unspecified atom stereocenters. The number of carbonyl (C=O) groups is 2. The highest BCUT2D eigenvalue weighted by Crippen LogP contribution is 2.32. The summed E-state index contributed by atoms with van der Waals surface area (Å²) in [5, 5.41) is 0.831. The number of esters is 1. The molecule has 1 amide bonds. The van der Waals surface area contributed by atoms with E-state index in [9.17, 15) is 9.59 Å². The van der Waals surface area contributed by atoms with Crippen LogP contribution in [0.4, 0.5) is 0 Å². The second-order valence-electron chi connectivity index (χ2n) is 5.72. The number of fused-ring (bicyclic) bond motifs is 1. The smallest absolute Gasteiger partial charge is 0.337 e. The van der Waals surface area contributed by atoms with Crippen LogP contribution >= 0.6 is 34.5 Å². The summed E-state index contributed by atoms with van der Waals surface area (Å²) in [6.07, 6.45) is 0. The molecule has 6 nitrogen and oxygen atoms in total. The van der Waals surface area contributed by atoms with Crippen molar-refractivity contribution in [2.45, 2.75) is 6.54 Å². The van der Waals surface area contributed by atoms with Gasteiger partial charge in [0.15, 0.2) is 4.80 Å². The zero-order valence-corrected chi connectivity index (χ0v) is 17.4. The summed E-state index contributed by atoms with van der Waals surface area (Å²) in [6.45, 7) is 0.883. The SMILES string of the molecule is COCCn1c(=NC(=O)c2ccc(C(=O)OC)cc2)sc2ccc(Cl)c(Cl)c21. The molecule has 0 aliphatic rings. The minimum Gasteiger partial charge on any atom is -0.465 e. The van der Waals surface area contributed by atoms with Gasteiger partial charge in [-0.05, 0) is 36.4 Å². The van der Waals surface area contributed by atoms with Crippen molar-refractivity contribution in [1.82, 2.24) is 4.57 Å². The number of benzene rings is 2. The molecular weight excluding hydrogens is 423 g/mol. The Kier molecular flexibility index (Phi) is 6.51. The van der Waals surface area contributed by atoms with Crippen LogP contribution in [0.3, 0.4) is 0 Å². The first-order valence-electron chi connectivity index (χ1n) is 8.20. The summed E-state index contributed by atoms with van der Waals surface area (Å²) in [4.78, 5) is 28.9. The average Bonchev–Trinajstić information content (AvgIpc) is 3.06. The zero-order valence-electron chi connectivity index (χ0n) is 15.1. The number of carbonyl (C=O) groups excluding carboxylic acids is 2. The van der Waals surface area contributed by atoms with Crippen LogP contribution in [0.2, 0.25) is 10.0 Å². The van der Waals surface area contributed by atoms with Crippen LogP contribution in [-0.4, -0.2) is 37.3 Å². The minimum atomic E-state index is -0.468. The lowest BCUT2D eigenvalue weighted by Crippen LogP contribution is -2.19. The highest BCUT2D eigenvalue weighted by Gasteiger charge is 2.14. The van der Waals surface area contributed by atoms with Gasteiger partial charge >= 0.3 is 5.97 Å². The van der Waals surface area contributed by atoms with E-state index in [1.165, 1.54) is 42.7 Å². The second kappa shape index (κ2) is 8.87. The van der Waals surface area contributed by atoms with E-state index in [0.717, 1.165) is 4.70 Å². The van der Waals surface area contributed by atoms with Crippen molar-refractivity contribution >= 4 is 56.6 Å². The van der Waals surface area contributed by atoms with Gasteiger partial charge in [-0.3, -0.25) is 4.79 Å². The van der Waals surface area contributed by atoms with E-state index in [1.807, 2.05) is 10.6 Å². The largest absolute Gasteiger partial charge is 0.465 e. The first kappa shape index (κ1) is 20.5. The maximum Gasteiger partial charge on any atom is 0.337 e. The average molecular weight is 439 g/mol. The Balaban J connectivity index is 2.06. The first-order valence-corrected chi connectivity index (χ1v) is 9.77. The number of halogens is 2. The molecule has 0 saturated carbocycles. The molecule has 0 spiro atoms. The fourth-order valence-electron chi connectivity index (χ4n) is 2.60. The minimum absolute atomic E-state index is 0.354. The Morgan fingerprint density at radius 2 is 1.75 bits per heavy atom. The summed E-state index contributed by atoms with van der Waals surface area (Å²) in [7, 11) is 2.89. The fraction of sp³-hybridized carbons (Fsp3) is 0.211. The standard InChI is InChI=1S/C19H16Cl2N2O4S/c1-26-10-9-23-16-14(8-7-13(20)15(16)21)28-19(23)22-17(24)11-3-5-12(6-4-11)18(25)27-2/h3-8H,9-10H2,1-2H3. The van der Waals surface area contributed by atoms with Gasteiger partial charge in [0.05, 0.1) is 39.5 Å². The normalized spacial score (nSPS) is 11.8. The van der Waals surface area contributed by atoms with Crippen LogP contribution in [-0.2, 0) is 16.0 Å². The highest BCUT2D eigenvalue weighted by molar-refractivity contribution is 7.16. The first-order chi connectivity index (χ1) is 13.5. The van der Waals surface area contributed by atoms with E-state index >= 15 is 0 Å². The molecule has 1 heterocycles. The van der Waals surface area contributed by atoms with Crippen LogP contribution in [0.25, 0.3) is 10.2 Å². The lowest BCUT2D eigenvalue weighted by atomic mass is 10.1. The molecule has 0 bridgehead atoms. The van der Waals surface area contributed by atoms with Crippen molar-refractivity contribution < 1.29 is 19.1 Å². The quantitative estimate of drug-likeness (QED) is 0.560. The number of thiazole rings is 1. The predicted octanol–water partition coefficient (Wildman–Crippen LogP) is 4.18. The molecule has 3 aromatic rings. The molecule has 0 N–H and O–H groups in total. The van der Waals surface area contributed by atoms with Crippen LogP contribution in [0, 0.1) is 0 Å². The van der Waals surface area contributed by atoms with Crippen LogP contribution in [0.5, 0.6) is 0 Å². The van der Waals surface area contributed by atoms with E-state index in [1.54, 1.807) is 13.2 Å².